The second-order valence-electron chi connectivity index (χ2n) is 18.6. The van der Waals surface area contributed by atoms with E-state index in [0.29, 0.717) is 65.3 Å². The fourth-order valence-corrected chi connectivity index (χ4v) is 9.85. The number of hydrogen-bond acceptors (Lipinski definition) is 12. The first-order valence-electron chi connectivity index (χ1n) is 21.5. The molecule has 2 aromatic rings. The van der Waals surface area contributed by atoms with Gasteiger partial charge in [-0.3, -0.25) is 24.5 Å². The number of halogens is 2. The fraction of sp³-hybridized carbons (Fsp3) is 0.651. The third-order valence-corrected chi connectivity index (χ3v) is 15.5. The lowest BCUT2D eigenvalue weighted by Gasteiger charge is -2.34. The van der Waals surface area contributed by atoms with Crippen LogP contribution < -0.4 is 30.5 Å². The molecule has 7 atom stereocenters. The number of ether oxygens (including phenoxy) is 3. The number of benzene rings is 1. The van der Waals surface area contributed by atoms with Crippen molar-refractivity contribution < 1.29 is 50.6 Å². The number of rotatable bonds is 10. The van der Waals surface area contributed by atoms with Gasteiger partial charge in [-0.15, -0.1) is 0 Å². The van der Waals surface area contributed by atoms with Crippen LogP contribution in [0.3, 0.4) is 0 Å². The standard InChI is InChI=1S/C43H59F2N7O9S/c1-26-11-7-8-12-28-23-43(28,38(55)50-62(57,58)41(5)15-16-41)47-35(53)32-22-29(60-36-31-14-10-9-13-30(31)33(24-46-36)51-17-19-59-20-18-51)25-52(32)37(54)34(27(2)21-26)48-49-39(56)61-40(3,4)42(6,44)45/h8-10,12-14,24,26-29,32,34,48H,7,11,15-23,25H2,1-6H3,(H,47,53)(H,49,56)(H,50,55)/b12-8-/t26-,27+,28+,29+,32-,34-,43+/m0/s1. The van der Waals surface area contributed by atoms with E-state index in [9.17, 15) is 36.4 Å². The van der Waals surface area contributed by atoms with E-state index in [2.05, 4.69) is 25.8 Å². The molecule has 0 radical (unpaired) electrons. The molecule has 0 unspecified atom stereocenters. The van der Waals surface area contributed by atoms with E-state index in [0.717, 1.165) is 30.3 Å². The number of fused-ring (bicyclic) bond motifs is 3. The van der Waals surface area contributed by atoms with Crippen molar-refractivity contribution in [3.8, 4) is 5.88 Å². The Morgan fingerprint density at radius 1 is 1.05 bits per heavy atom. The molecular formula is C43H59F2N7O9S. The molecule has 2 aliphatic carbocycles. The van der Waals surface area contributed by atoms with Crippen LogP contribution in [0.25, 0.3) is 10.8 Å². The van der Waals surface area contributed by atoms with Gasteiger partial charge in [-0.05, 0) is 77.2 Å². The van der Waals surface area contributed by atoms with Crippen molar-refractivity contribution in [2.75, 3.05) is 37.7 Å². The van der Waals surface area contributed by atoms with Gasteiger partial charge in [-0.1, -0.05) is 44.2 Å². The Hall–Kier alpha value is -4.62. The van der Waals surface area contributed by atoms with Gasteiger partial charge >= 0.3 is 6.09 Å². The lowest BCUT2D eigenvalue weighted by atomic mass is 9.88. The fourth-order valence-electron chi connectivity index (χ4n) is 8.54. The number of morpholine rings is 1. The number of anilines is 1. The molecule has 4 fully saturated rings. The summed E-state index contributed by atoms with van der Waals surface area (Å²) >= 11 is 0. The predicted molar refractivity (Wildman–Crippen MR) is 226 cm³/mol. The average molecular weight is 888 g/mol. The van der Waals surface area contributed by atoms with Gasteiger partial charge < -0.3 is 29.3 Å². The van der Waals surface area contributed by atoms with Gasteiger partial charge in [0.15, 0.2) is 5.60 Å². The van der Waals surface area contributed by atoms with Crippen LogP contribution in [0.5, 0.6) is 5.88 Å². The SMILES string of the molecule is C[C@H]1CC/C=C\[C@@H]2C[C@@]2(C(=O)NS(=O)(=O)C2(C)CC2)NC(=O)[C@@H]2C[C@@H](Oc3ncc(N4CCOCC4)c4ccccc34)CN2C(=O)[C@@H](NNC(=O)OC(C)(C)C(C)(F)F)[C@H](C)C1. The smallest absolute Gasteiger partial charge is 0.422 e. The highest BCUT2D eigenvalue weighted by Crippen LogP contribution is 2.48. The van der Waals surface area contributed by atoms with Gasteiger partial charge in [0.1, 0.15) is 23.7 Å². The molecule has 2 saturated carbocycles. The number of nitrogens with zero attached hydrogens (tertiary/aromatic N) is 3. The number of carbonyl (C=O) groups is 4. The molecule has 4 heterocycles. The highest BCUT2D eigenvalue weighted by Gasteiger charge is 2.63. The third kappa shape index (κ3) is 9.35. The monoisotopic (exact) mass is 887 g/mol. The third-order valence-electron chi connectivity index (χ3n) is 13.4. The van der Waals surface area contributed by atoms with E-state index in [1.54, 1.807) is 13.1 Å². The summed E-state index contributed by atoms with van der Waals surface area (Å²) in [7, 11) is -4.05. The molecule has 0 spiro atoms. The van der Waals surface area contributed by atoms with Gasteiger partial charge in [0.05, 0.1) is 36.4 Å². The molecule has 340 valence electrons. The second-order valence-corrected chi connectivity index (χ2v) is 20.8. The molecule has 16 nitrogen and oxygen atoms in total. The first kappa shape index (κ1) is 45.4. The van der Waals surface area contributed by atoms with Gasteiger partial charge in [-0.2, -0.15) is 0 Å². The maximum absolute atomic E-state index is 14.9. The second kappa shape index (κ2) is 17.2. The number of nitrogens with one attached hydrogen (secondary N) is 4. The van der Waals surface area contributed by atoms with Crippen molar-refractivity contribution in [3.05, 3.63) is 42.6 Å². The van der Waals surface area contributed by atoms with Crippen LogP contribution in [0.4, 0.5) is 19.3 Å². The predicted octanol–water partition coefficient (Wildman–Crippen LogP) is 4.34. The summed E-state index contributed by atoms with van der Waals surface area (Å²) in [6.07, 6.45) is 6.19. The number of sulfonamides is 1. The molecule has 0 bridgehead atoms. The zero-order chi connectivity index (χ0) is 44.8. The maximum Gasteiger partial charge on any atom is 0.422 e. The molecule has 62 heavy (non-hydrogen) atoms. The van der Waals surface area contributed by atoms with Crippen molar-refractivity contribution in [3.63, 3.8) is 0 Å². The molecule has 5 aliphatic rings. The van der Waals surface area contributed by atoms with Crippen LogP contribution in [-0.4, -0.2) is 115 Å². The Labute approximate surface area is 361 Å². The lowest BCUT2D eigenvalue weighted by Crippen LogP contribution is -2.61. The summed E-state index contributed by atoms with van der Waals surface area (Å²) in [4.78, 5) is 64.8. The molecule has 19 heteroatoms. The maximum atomic E-state index is 14.9. The van der Waals surface area contributed by atoms with Gasteiger partial charge in [0.25, 0.3) is 11.8 Å². The highest BCUT2D eigenvalue weighted by atomic mass is 32.2. The minimum Gasteiger partial charge on any atom is -0.472 e. The van der Waals surface area contributed by atoms with Crippen molar-refractivity contribution >= 4 is 50.3 Å². The van der Waals surface area contributed by atoms with Crippen molar-refractivity contribution in [2.24, 2.45) is 17.8 Å². The highest BCUT2D eigenvalue weighted by molar-refractivity contribution is 7.91. The molecule has 4 amide bonds. The van der Waals surface area contributed by atoms with Crippen molar-refractivity contribution in [2.45, 2.75) is 126 Å². The van der Waals surface area contributed by atoms with Crippen LogP contribution in [0.15, 0.2) is 42.6 Å². The largest absolute Gasteiger partial charge is 0.472 e. The zero-order valence-electron chi connectivity index (χ0n) is 36.2. The number of carbonyl (C=O) groups excluding carboxylic acids is 4. The first-order chi connectivity index (χ1) is 29.1. The Morgan fingerprint density at radius 2 is 1.74 bits per heavy atom. The molecule has 1 aromatic heterocycles. The normalized spacial score (nSPS) is 29.9. The van der Waals surface area contributed by atoms with E-state index < -0.39 is 85.7 Å². The number of pyridine rings is 1. The molecule has 4 N–H and O–H groups in total. The summed E-state index contributed by atoms with van der Waals surface area (Å²) in [5.41, 5.74) is 2.18. The van der Waals surface area contributed by atoms with Crippen LogP contribution in [0.2, 0.25) is 0 Å². The van der Waals surface area contributed by atoms with E-state index >= 15 is 0 Å². The Bertz CT molecular complexity index is 2190. The first-order valence-corrected chi connectivity index (χ1v) is 23.0. The summed E-state index contributed by atoms with van der Waals surface area (Å²) in [5.74, 6) is -6.14. The molecular weight excluding hydrogens is 829 g/mol. The number of aromatic nitrogens is 1. The molecule has 3 aliphatic heterocycles. The van der Waals surface area contributed by atoms with Crippen LogP contribution in [-0.2, 0) is 33.9 Å². The quantitative estimate of drug-likeness (QED) is 0.195. The number of alkyl halides is 2. The Morgan fingerprint density at radius 3 is 2.42 bits per heavy atom. The topological polar surface area (TPSA) is 198 Å². The average Bonchev–Trinajstić information content (AvgIpc) is 4.09. The molecule has 7 rings (SSSR count). The molecule has 1 aromatic carbocycles. The van der Waals surface area contributed by atoms with E-state index in [4.69, 9.17) is 19.2 Å². The van der Waals surface area contributed by atoms with Crippen LogP contribution in [0.1, 0.15) is 86.5 Å². The summed E-state index contributed by atoms with van der Waals surface area (Å²) in [6.45, 7) is 10.6. The Kier molecular flexibility index (Phi) is 12.6. The number of hydrogen-bond donors (Lipinski definition) is 4. The summed E-state index contributed by atoms with van der Waals surface area (Å²) in [6, 6.07) is 5.25. The van der Waals surface area contributed by atoms with Crippen LogP contribution in [0, 0.1) is 17.8 Å². The van der Waals surface area contributed by atoms with E-state index in [1.807, 2.05) is 50.3 Å². The van der Waals surface area contributed by atoms with E-state index in [1.165, 1.54) is 4.90 Å². The Balaban J connectivity index is 1.21. The van der Waals surface area contributed by atoms with Crippen molar-refractivity contribution in [1.82, 2.24) is 30.8 Å². The number of hydrazine groups is 1. The van der Waals surface area contributed by atoms with Gasteiger partial charge in [0.2, 0.25) is 27.7 Å². The minimum absolute atomic E-state index is 0.0277. The zero-order valence-corrected chi connectivity index (χ0v) is 37.0. The number of allylic oxidation sites excluding steroid dienone is 1. The van der Waals surface area contributed by atoms with Gasteiger partial charge in [-0.25, -0.2) is 32.4 Å². The summed E-state index contributed by atoms with van der Waals surface area (Å²) in [5, 5.41) is 4.49. The minimum atomic E-state index is -4.05. The molecule has 2 saturated heterocycles. The lowest BCUT2D eigenvalue weighted by molar-refractivity contribution is -0.151. The number of amides is 4. The summed E-state index contributed by atoms with van der Waals surface area (Å²) < 4.78 is 73.4. The van der Waals surface area contributed by atoms with E-state index in [-0.39, 0.29) is 31.2 Å². The van der Waals surface area contributed by atoms with Crippen molar-refractivity contribution in [1.29, 1.82) is 0 Å². The van der Waals surface area contributed by atoms with Crippen LogP contribution >= 0.6 is 0 Å². The van der Waals surface area contributed by atoms with Gasteiger partial charge in [0, 0.05) is 43.1 Å².